The quantitative estimate of drug-likeness (QED) is 0.801. The van der Waals surface area contributed by atoms with Crippen LogP contribution in [0.25, 0.3) is 0 Å². The third kappa shape index (κ3) is 4.76. The summed E-state index contributed by atoms with van der Waals surface area (Å²) in [4.78, 5) is 41.0. The topological polar surface area (TPSA) is 107 Å². The molecule has 2 fully saturated rings. The highest BCUT2D eigenvalue weighted by Crippen LogP contribution is 2.20. The summed E-state index contributed by atoms with van der Waals surface area (Å²) in [5.74, 6) is -0.652. The Hall–Kier alpha value is -2.71. The standard InChI is InChI=1S/C19H27N5O4/c1-14(25)24(13-18(26)27)15-5-4-11-23(12-8-15)19(28)16-6-7-17(21-20-16)22-9-2-3-10-22/h6-7,15H,2-5,8-13H2,1H3,(H,26,27). The second kappa shape index (κ2) is 8.99. The number of likely N-dealkylation sites (tertiary alicyclic amines) is 1. The van der Waals surface area contributed by atoms with Gasteiger partial charge < -0.3 is 19.8 Å². The molecule has 0 aliphatic carbocycles. The number of carboxylic acid groups (broad SMARTS) is 1. The predicted molar refractivity (Wildman–Crippen MR) is 102 cm³/mol. The number of rotatable bonds is 5. The van der Waals surface area contributed by atoms with Gasteiger partial charge in [-0.25, -0.2) is 0 Å². The first-order valence-corrected chi connectivity index (χ1v) is 9.82. The van der Waals surface area contributed by atoms with E-state index in [1.54, 1.807) is 11.0 Å². The number of carbonyl (C=O) groups is 3. The molecule has 3 rings (SSSR count). The lowest BCUT2D eigenvalue weighted by molar-refractivity contribution is -0.145. The zero-order valence-corrected chi connectivity index (χ0v) is 16.2. The number of hydrogen-bond acceptors (Lipinski definition) is 6. The molecule has 2 amide bonds. The van der Waals surface area contributed by atoms with Crippen molar-refractivity contribution in [3.05, 3.63) is 17.8 Å². The van der Waals surface area contributed by atoms with E-state index in [0.29, 0.717) is 38.0 Å². The van der Waals surface area contributed by atoms with Gasteiger partial charge in [-0.3, -0.25) is 14.4 Å². The van der Waals surface area contributed by atoms with E-state index in [0.717, 1.165) is 31.7 Å². The van der Waals surface area contributed by atoms with E-state index >= 15 is 0 Å². The average Bonchev–Trinajstić information content (AvgIpc) is 3.10. The van der Waals surface area contributed by atoms with Crippen LogP contribution in [0.5, 0.6) is 0 Å². The largest absolute Gasteiger partial charge is 0.480 e. The Balaban J connectivity index is 1.62. The monoisotopic (exact) mass is 389 g/mol. The first-order chi connectivity index (χ1) is 13.5. The summed E-state index contributed by atoms with van der Waals surface area (Å²) in [5, 5.41) is 17.4. The van der Waals surface area contributed by atoms with Gasteiger partial charge in [-0.05, 0) is 44.2 Å². The molecule has 1 N–H and O–H groups in total. The zero-order chi connectivity index (χ0) is 20.1. The molecule has 1 aromatic heterocycles. The summed E-state index contributed by atoms with van der Waals surface area (Å²) < 4.78 is 0. The lowest BCUT2D eigenvalue weighted by atomic mass is 10.1. The van der Waals surface area contributed by atoms with Crippen LogP contribution in [0.3, 0.4) is 0 Å². The first kappa shape index (κ1) is 20.0. The Labute approximate surface area is 164 Å². The number of aromatic nitrogens is 2. The van der Waals surface area contributed by atoms with Crippen molar-refractivity contribution in [1.29, 1.82) is 0 Å². The van der Waals surface area contributed by atoms with Crippen molar-refractivity contribution in [1.82, 2.24) is 20.0 Å². The van der Waals surface area contributed by atoms with Crippen molar-refractivity contribution in [2.24, 2.45) is 0 Å². The molecule has 2 aliphatic rings. The maximum atomic E-state index is 12.8. The SMILES string of the molecule is CC(=O)N(CC(=O)O)C1CCCN(C(=O)c2ccc(N3CCCC3)nn2)CC1. The minimum absolute atomic E-state index is 0.171. The average molecular weight is 389 g/mol. The minimum atomic E-state index is -1.03. The second-order valence-electron chi connectivity index (χ2n) is 7.39. The van der Waals surface area contributed by atoms with Crippen LogP contribution in [0.1, 0.15) is 49.5 Å². The molecule has 0 saturated carbocycles. The van der Waals surface area contributed by atoms with Gasteiger partial charge in [0.05, 0.1) is 0 Å². The van der Waals surface area contributed by atoms with Crippen LogP contribution in [-0.2, 0) is 9.59 Å². The van der Waals surface area contributed by atoms with E-state index in [1.165, 1.54) is 11.8 Å². The number of carboxylic acids is 1. The maximum Gasteiger partial charge on any atom is 0.323 e. The number of aliphatic carboxylic acids is 1. The van der Waals surface area contributed by atoms with Gasteiger partial charge >= 0.3 is 5.97 Å². The Morgan fingerprint density at radius 1 is 1.07 bits per heavy atom. The molecule has 1 atom stereocenters. The van der Waals surface area contributed by atoms with Crippen LogP contribution in [0.2, 0.25) is 0 Å². The summed E-state index contributed by atoms with van der Waals surface area (Å²) in [6, 6.07) is 3.39. The molecule has 2 saturated heterocycles. The van der Waals surface area contributed by atoms with Gasteiger partial charge in [-0.2, -0.15) is 0 Å². The van der Waals surface area contributed by atoms with Crippen molar-refractivity contribution in [2.45, 2.75) is 45.1 Å². The fourth-order valence-electron chi connectivity index (χ4n) is 3.95. The number of hydrogen-bond donors (Lipinski definition) is 1. The number of anilines is 1. The van der Waals surface area contributed by atoms with E-state index < -0.39 is 5.97 Å². The molecular formula is C19H27N5O4. The van der Waals surface area contributed by atoms with Gasteiger partial charge in [0.15, 0.2) is 11.5 Å². The molecule has 2 aliphatic heterocycles. The highest BCUT2D eigenvalue weighted by molar-refractivity contribution is 5.92. The summed E-state index contributed by atoms with van der Waals surface area (Å²) >= 11 is 0. The van der Waals surface area contributed by atoms with Gasteiger partial charge in [0.1, 0.15) is 6.54 Å². The lowest BCUT2D eigenvalue weighted by Crippen LogP contribution is -2.43. The fourth-order valence-corrected chi connectivity index (χ4v) is 3.95. The third-order valence-corrected chi connectivity index (χ3v) is 5.44. The molecule has 0 spiro atoms. The van der Waals surface area contributed by atoms with Gasteiger partial charge in [-0.15, -0.1) is 10.2 Å². The molecule has 152 valence electrons. The van der Waals surface area contributed by atoms with Gasteiger partial charge in [-0.1, -0.05) is 0 Å². The van der Waals surface area contributed by atoms with Crippen molar-refractivity contribution in [2.75, 3.05) is 37.6 Å². The van der Waals surface area contributed by atoms with E-state index in [-0.39, 0.29) is 24.4 Å². The van der Waals surface area contributed by atoms with Crippen molar-refractivity contribution in [3.63, 3.8) is 0 Å². The molecule has 3 heterocycles. The van der Waals surface area contributed by atoms with Gasteiger partial charge in [0, 0.05) is 39.1 Å². The highest BCUT2D eigenvalue weighted by Gasteiger charge is 2.28. The summed E-state index contributed by atoms with van der Waals surface area (Å²) in [6.07, 6.45) is 4.24. The Kier molecular flexibility index (Phi) is 6.43. The molecule has 1 unspecified atom stereocenters. The van der Waals surface area contributed by atoms with E-state index in [4.69, 9.17) is 5.11 Å². The normalized spacial score (nSPS) is 20.0. The second-order valence-corrected chi connectivity index (χ2v) is 7.39. The number of nitrogens with zero attached hydrogens (tertiary/aromatic N) is 5. The zero-order valence-electron chi connectivity index (χ0n) is 16.2. The number of carbonyl (C=O) groups excluding carboxylic acids is 2. The molecular weight excluding hydrogens is 362 g/mol. The predicted octanol–water partition coefficient (Wildman–Crippen LogP) is 1.00. The Bertz CT molecular complexity index is 718. The molecule has 0 bridgehead atoms. The molecule has 28 heavy (non-hydrogen) atoms. The molecule has 9 nitrogen and oxygen atoms in total. The van der Waals surface area contributed by atoms with Gasteiger partial charge in [0.25, 0.3) is 5.91 Å². The smallest absolute Gasteiger partial charge is 0.323 e. The summed E-state index contributed by atoms with van der Waals surface area (Å²) in [7, 11) is 0. The van der Waals surface area contributed by atoms with Crippen LogP contribution < -0.4 is 4.90 Å². The maximum absolute atomic E-state index is 12.8. The van der Waals surface area contributed by atoms with Crippen molar-refractivity contribution < 1.29 is 19.5 Å². The number of amides is 2. The third-order valence-electron chi connectivity index (χ3n) is 5.44. The van der Waals surface area contributed by atoms with Crippen LogP contribution in [0, 0.1) is 0 Å². The van der Waals surface area contributed by atoms with E-state index in [2.05, 4.69) is 15.1 Å². The molecule has 0 radical (unpaired) electrons. The Morgan fingerprint density at radius 3 is 2.43 bits per heavy atom. The Morgan fingerprint density at radius 2 is 1.82 bits per heavy atom. The van der Waals surface area contributed by atoms with Gasteiger partial charge in [0.2, 0.25) is 5.91 Å². The lowest BCUT2D eigenvalue weighted by Gasteiger charge is -2.28. The molecule has 0 aromatic carbocycles. The van der Waals surface area contributed by atoms with E-state index in [9.17, 15) is 14.4 Å². The van der Waals surface area contributed by atoms with E-state index in [1.807, 2.05) is 6.07 Å². The van der Waals surface area contributed by atoms with Crippen LogP contribution >= 0.6 is 0 Å². The first-order valence-electron chi connectivity index (χ1n) is 9.82. The van der Waals surface area contributed by atoms with Crippen molar-refractivity contribution >= 4 is 23.6 Å². The summed E-state index contributed by atoms with van der Waals surface area (Å²) in [6.45, 7) is 4.04. The summed E-state index contributed by atoms with van der Waals surface area (Å²) in [5.41, 5.74) is 0.315. The van der Waals surface area contributed by atoms with Crippen molar-refractivity contribution in [3.8, 4) is 0 Å². The van der Waals surface area contributed by atoms with Crippen LogP contribution in [-0.4, -0.2) is 81.7 Å². The minimum Gasteiger partial charge on any atom is -0.480 e. The highest BCUT2D eigenvalue weighted by atomic mass is 16.4. The molecule has 9 heteroatoms. The van der Waals surface area contributed by atoms with Crippen LogP contribution in [0.15, 0.2) is 12.1 Å². The van der Waals surface area contributed by atoms with Crippen LogP contribution in [0.4, 0.5) is 5.82 Å². The fraction of sp³-hybridized carbons (Fsp3) is 0.632. The molecule has 1 aromatic rings.